The Bertz CT molecular complexity index is 642. The Morgan fingerprint density at radius 1 is 1.47 bits per heavy atom. The number of hydrogen-bond donors (Lipinski definition) is 2. The van der Waals surface area contributed by atoms with Gasteiger partial charge in [0.25, 0.3) is 5.91 Å². The summed E-state index contributed by atoms with van der Waals surface area (Å²) in [5.74, 6) is 5.11. The molecule has 0 aliphatic carbocycles. The summed E-state index contributed by atoms with van der Waals surface area (Å²) in [5.41, 5.74) is 2.13. The zero-order valence-electron chi connectivity index (χ0n) is 10.2. The van der Waals surface area contributed by atoms with Crippen LogP contribution in [0.3, 0.4) is 0 Å². The number of nitrogens with zero attached hydrogens (tertiary/aromatic N) is 2. The Labute approximate surface area is 114 Å². The molecule has 2 aromatic rings. The number of amides is 1. The molecule has 0 aliphatic rings. The quantitative estimate of drug-likeness (QED) is 0.812. The third-order valence-electron chi connectivity index (χ3n) is 2.25. The lowest BCUT2D eigenvalue weighted by Gasteiger charge is -2.04. The highest BCUT2D eigenvalue weighted by atomic mass is 32.1. The van der Waals surface area contributed by atoms with Gasteiger partial charge < -0.3 is 10.4 Å². The number of anilines is 1. The molecular weight excluding hydrogens is 262 g/mol. The zero-order chi connectivity index (χ0) is 13.7. The van der Waals surface area contributed by atoms with Crippen molar-refractivity contribution in [3.8, 4) is 11.8 Å². The lowest BCUT2D eigenvalue weighted by molar-refractivity contribution is 0.102. The van der Waals surface area contributed by atoms with Crippen molar-refractivity contribution < 1.29 is 9.90 Å². The summed E-state index contributed by atoms with van der Waals surface area (Å²) in [6.07, 6.45) is 1.49. The highest BCUT2D eigenvalue weighted by Crippen LogP contribution is 2.14. The van der Waals surface area contributed by atoms with Crippen LogP contribution in [-0.2, 0) is 0 Å². The fourth-order valence-corrected chi connectivity index (χ4v) is 1.95. The highest BCUT2D eigenvalue weighted by molar-refractivity contribution is 7.10. The number of carbonyl (C=O) groups excluding carboxylic acids is 1. The minimum Gasteiger partial charge on any atom is -0.384 e. The number of carbonyl (C=O) groups is 1. The Morgan fingerprint density at radius 3 is 3.00 bits per heavy atom. The summed E-state index contributed by atoms with van der Waals surface area (Å²) >= 11 is 1.11. The molecule has 96 valence electrons. The predicted molar refractivity (Wildman–Crippen MR) is 73.0 cm³/mol. The van der Waals surface area contributed by atoms with Crippen molar-refractivity contribution in [3.63, 3.8) is 0 Å². The standard InChI is InChI=1S/C13H11N3O2S/c1-9-5-10(3-2-4-17)7-11(6-9)13(18)15-12-8-14-16-19-12/h5-8,17H,4H2,1H3,(H,15,18). The average Bonchev–Trinajstić information content (AvgIpc) is 2.88. The molecule has 2 N–H and O–H groups in total. The predicted octanol–water partition coefficient (Wildman–Crippen LogP) is 1.44. The molecule has 1 heterocycles. The molecule has 1 aromatic carbocycles. The van der Waals surface area contributed by atoms with Crippen molar-refractivity contribution in [2.45, 2.75) is 6.92 Å². The van der Waals surface area contributed by atoms with Gasteiger partial charge in [-0.05, 0) is 30.7 Å². The van der Waals surface area contributed by atoms with Gasteiger partial charge in [0.1, 0.15) is 11.6 Å². The van der Waals surface area contributed by atoms with Crippen molar-refractivity contribution in [3.05, 3.63) is 41.1 Å². The van der Waals surface area contributed by atoms with Gasteiger partial charge in [0.15, 0.2) is 0 Å². The van der Waals surface area contributed by atoms with Crippen LogP contribution in [0.25, 0.3) is 0 Å². The lowest BCUT2D eigenvalue weighted by Crippen LogP contribution is -2.11. The molecule has 0 saturated heterocycles. The zero-order valence-corrected chi connectivity index (χ0v) is 11.0. The summed E-state index contributed by atoms with van der Waals surface area (Å²) in [6, 6.07) is 5.31. The lowest BCUT2D eigenvalue weighted by atomic mass is 10.1. The van der Waals surface area contributed by atoms with Crippen molar-refractivity contribution in [2.24, 2.45) is 0 Å². The van der Waals surface area contributed by atoms with E-state index >= 15 is 0 Å². The molecule has 6 heteroatoms. The smallest absolute Gasteiger partial charge is 0.256 e. The molecule has 0 atom stereocenters. The van der Waals surface area contributed by atoms with Gasteiger partial charge in [0.05, 0.1) is 6.20 Å². The normalized spacial score (nSPS) is 9.58. The van der Waals surface area contributed by atoms with E-state index in [4.69, 9.17) is 5.11 Å². The van der Waals surface area contributed by atoms with Gasteiger partial charge in [-0.2, -0.15) is 0 Å². The fourth-order valence-electron chi connectivity index (χ4n) is 1.53. The molecular formula is C13H11N3O2S. The average molecular weight is 273 g/mol. The number of nitrogens with one attached hydrogen (secondary N) is 1. The molecule has 0 aliphatic heterocycles. The largest absolute Gasteiger partial charge is 0.384 e. The summed E-state index contributed by atoms with van der Waals surface area (Å²) in [4.78, 5) is 12.0. The van der Waals surface area contributed by atoms with E-state index in [1.165, 1.54) is 6.20 Å². The van der Waals surface area contributed by atoms with Gasteiger partial charge in [-0.25, -0.2) is 0 Å². The van der Waals surface area contributed by atoms with E-state index in [0.29, 0.717) is 16.1 Å². The molecule has 0 fully saturated rings. The Kier molecular flexibility index (Phi) is 4.23. The Hall–Kier alpha value is -2.23. The molecule has 5 nitrogen and oxygen atoms in total. The Morgan fingerprint density at radius 2 is 2.32 bits per heavy atom. The number of rotatable bonds is 2. The Balaban J connectivity index is 2.24. The minimum atomic E-state index is -0.234. The van der Waals surface area contributed by atoms with E-state index in [-0.39, 0.29) is 12.5 Å². The first-order valence-corrected chi connectivity index (χ1v) is 6.26. The van der Waals surface area contributed by atoms with Crippen molar-refractivity contribution in [1.29, 1.82) is 0 Å². The first-order chi connectivity index (χ1) is 9.19. The molecule has 2 rings (SSSR count). The van der Waals surface area contributed by atoms with Crippen molar-refractivity contribution in [1.82, 2.24) is 9.59 Å². The van der Waals surface area contributed by atoms with Gasteiger partial charge >= 0.3 is 0 Å². The van der Waals surface area contributed by atoms with Crippen molar-refractivity contribution in [2.75, 3.05) is 11.9 Å². The van der Waals surface area contributed by atoms with Gasteiger partial charge in [0, 0.05) is 22.7 Å². The molecule has 0 saturated carbocycles. The number of aryl methyl sites for hydroxylation is 1. The van der Waals surface area contributed by atoms with Gasteiger partial charge in [-0.3, -0.25) is 4.79 Å². The monoisotopic (exact) mass is 273 g/mol. The van der Waals surface area contributed by atoms with Crippen LogP contribution in [0.15, 0.2) is 24.4 Å². The number of benzene rings is 1. The van der Waals surface area contributed by atoms with Crippen LogP contribution in [0.4, 0.5) is 5.00 Å². The van der Waals surface area contributed by atoms with Crippen LogP contribution in [0, 0.1) is 18.8 Å². The van der Waals surface area contributed by atoms with E-state index in [1.54, 1.807) is 12.1 Å². The molecule has 1 aromatic heterocycles. The van der Waals surface area contributed by atoms with Gasteiger partial charge in [-0.15, -0.1) is 5.10 Å². The number of aliphatic hydroxyl groups is 1. The van der Waals surface area contributed by atoms with Crippen LogP contribution in [0.2, 0.25) is 0 Å². The van der Waals surface area contributed by atoms with E-state index in [2.05, 4.69) is 26.7 Å². The topological polar surface area (TPSA) is 75.1 Å². The summed E-state index contributed by atoms with van der Waals surface area (Å²) < 4.78 is 3.67. The SMILES string of the molecule is Cc1cc(C#CCO)cc(C(=O)Nc2cnns2)c1. The second kappa shape index (κ2) is 6.09. The molecule has 0 radical (unpaired) electrons. The van der Waals surface area contributed by atoms with E-state index < -0.39 is 0 Å². The molecule has 0 unspecified atom stereocenters. The fraction of sp³-hybridized carbons (Fsp3) is 0.154. The minimum absolute atomic E-state index is 0.206. The summed E-state index contributed by atoms with van der Waals surface area (Å²) in [6.45, 7) is 1.68. The van der Waals surface area contributed by atoms with Crippen LogP contribution in [0.5, 0.6) is 0 Å². The molecule has 19 heavy (non-hydrogen) atoms. The third kappa shape index (κ3) is 3.61. The molecule has 1 amide bonds. The third-order valence-corrected chi connectivity index (χ3v) is 2.83. The van der Waals surface area contributed by atoms with E-state index in [1.807, 2.05) is 13.0 Å². The van der Waals surface area contributed by atoms with E-state index in [0.717, 1.165) is 17.1 Å². The summed E-state index contributed by atoms with van der Waals surface area (Å²) in [7, 11) is 0. The van der Waals surface area contributed by atoms with Crippen LogP contribution in [0.1, 0.15) is 21.5 Å². The van der Waals surface area contributed by atoms with Gasteiger partial charge in [-0.1, -0.05) is 16.3 Å². The maximum Gasteiger partial charge on any atom is 0.256 e. The first-order valence-electron chi connectivity index (χ1n) is 5.49. The summed E-state index contributed by atoms with van der Waals surface area (Å²) in [5, 5.41) is 15.6. The van der Waals surface area contributed by atoms with Gasteiger partial charge in [0.2, 0.25) is 0 Å². The maximum atomic E-state index is 12.0. The van der Waals surface area contributed by atoms with Crippen LogP contribution < -0.4 is 5.32 Å². The second-order valence-corrected chi connectivity index (χ2v) is 4.57. The van der Waals surface area contributed by atoms with Crippen molar-refractivity contribution >= 4 is 22.4 Å². The van der Waals surface area contributed by atoms with E-state index in [9.17, 15) is 4.79 Å². The number of hydrogen-bond acceptors (Lipinski definition) is 5. The highest BCUT2D eigenvalue weighted by Gasteiger charge is 2.08. The number of aliphatic hydroxyl groups excluding tert-OH is 1. The molecule has 0 bridgehead atoms. The maximum absolute atomic E-state index is 12.0. The molecule has 0 spiro atoms. The van der Waals surface area contributed by atoms with Crippen LogP contribution in [-0.4, -0.2) is 27.2 Å². The van der Waals surface area contributed by atoms with Crippen LogP contribution >= 0.6 is 11.5 Å². The second-order valence-electron chi connectivity index (χ2n) is 3.78. The first kappa shape index (κ1) is 13.2. The number of aromatic nitrogens is 2.